The maximum Gasteiger partial charge on any atom is 0.210 e. The Morgan fingerprint density at radius 3 is 1.98 bits per heavy atom. The molecule has 55 heavy (non-hydrogen) atoms. The Bertz CT molecular complexity index is 2430. The van der Waals surface area contributed by atoms with Gasteiger partial charge in [0.2, 0.25) is 5.69 Å². The van der Waals surface area contributed by atoms with Crippen molar-refractivity contribution in [1.29, 1.82) is 0 Å². The van der Waals surface area contributed by atoms with Crippen molar-refractivity contribution in [2.24, 2.45) is 0 Å². The second-order valence-corrected chi connectivity index (χ2v) is 17.4. The SMILES string of the molecule is CCCC(C)N1/C(=C/C=C2\CCC(/C=C/C3=[N+](C(C)CCC)c4ccc5ccccc5c4C3(C)C)=C2c2ccccc2)C(C)(C)c2c1ccc1ccccc21. The topological polar surface area (TPSA) is 6.25 Å². The molecule has 2 unspecified atom stereocenters. The highest BCUT2D eigenvalue weighted by atomic mass is 15.2. The second kappa shape index (κ2) is 14.6. The van der Waals surface area contributed by atoms with Gasteiger partial charge in [0.05, 0.1) is 5.41 Å². The molecule has 0 fully saturated rings. The monoisotopic (exact) mass is 723 g/mol. The smallest absolute Gasteiger partial charge is 0.210 e. The highest BCUT2D eigenvalue weighted by Crippen LogP contribution is 2.52. The van der Waals surface area contributed by atoms with Gasteiger partial charge in [0.25, 0.3) is 0 Å². The molecule has 8 rings (SSSR count). The molecule has 3 aliphatic rings. The molecule has 2 nitrogen and oxygen atoms in total. The first kappa shape index (κ1) is 37.0. The molecule has 5 aromatic rings. The summed E-state index contributed by atoms with van der Waals surface area (Å²) < 4.78 is 2.66. The van der Waals surface area contributed by atoms with E-state index in [4.69, 9.17) is 0 Å². The summed E-state index contributed by atoms with van der Waals surface area (Å²) in [6.45, 7) is 19.2. The quantitative estimate of drug-likeness (QED) is 0.130. The summed E-state index contributed by atoms with van der Waals surface area (Å²) in [7, 11) is 0. The summed E-state index contributed by atoms with van der Waals surface area (Å²) in [4.78, 5) is 2.66. The third kappa shape index (κ3) is 6.23. The van der Waals surface area contributed by atoms with E-state index in [9.17, 15) is 0 Å². The first-order valence-electron chi connectivity index (χ1n) is 21.0. The Labute approximate surface area is 330 Å². The molecular formula is C53H59N2+. The van der Waals surface area contributed by atoms with Crippen molar-refractivity contribution in [2.75, 3.05) is 4.90 Å². The van der Waals surface area contributed by atoms with Crippen LogP contribution in [0.2, 0.25) is 0 Å². The predicted molar refractivity (Wildman–Crippen MR) is 238 cm³/mol. The van der Waals surface area contributed by atoms with Gasteiger partial charge in [-0.15, -0.1) is 0 Å². The minimum atomic E-state index is -0.129. The number of nitrogens with zero attached hydrogens (tertiary/aromatic N) is 2. The van der Waals surface area contributed by atoms with Crippen LogP contribution >= 0.6 is 0 Å². The van der Waals surface area contributed by atoms with Gasteiger partial charge in [-0.1, -0.05) is 131 Å². The molecule has 0 radical (unpaired) electrons. The van der Waals surface area contributed by atoms with Crippen LogP contribution in [0.15, 0.2) is 144 Å². The molecule has 0 bridgehead atoms. The zero-order valence-electron chi connectivity index (χ0n) is 34.4. The summed E-state index contributed by atoms with van der Waals surface area (Å²) in [5.41, 5.74) is 13.8. The van der Waals surface area contributed by atoms with E-state index in [1.807, 2.05) is 0 Å². The molecule has 0 N–H and O–H groups in total. The predicted octanol–water partition coefficient (Wildman–Crippen LogP) is 14.2. The van der Waals surface area contributed by atoms with E-state index in [2.05, 4.69) is 192 Å². The van der Waals surface area contributed by atoms with Gasteiger partial charge in [-0.2, -0.15) is 4.58 Å². The van der Waals surface area contributed by atoms with Crippen LogP contribution in [0.25, 0.3) is 27.1 Å². The Morgan fingerprint density at radius 2 is 1.29 bits per heavy atom. The standard InChI is InChI=1S/C53H59N2/c1-9-18-36(3)54-45-32-28-38-20-14-16-24-43(38)50(45)52(5,6)47(54)34-30-41-26-27-42(49(41)40-22-12-11-13-23-40)31-35-48-53(7,8)51-44-25-17-15-21-39(44)29-33-46(51)55(48)37(4)19-10-2/h11-17,20-25,28-37H,9-10,18-19,26-27H2,1-8H3/q+1. The van der Waals surface area contributed by atoms with Gasteiger partial charge in [-0.05, 0) is 121 Å². The number of fused-ring (bicyclic) bond motifs is 6. The van der Waals surface area contributed by atoms with Crippen LogP contribution in [-0.2, 0) is 10.8 Å². The van der Waals surface area contributed by atoms with Gasteiger partial charge in [0, 0.05) is 47.0 Å². The van der Waals surface area contributed by atoms with Crippen molar-refractivity contribution in [3.05, 3.63) is 161 Å². The summed E-state index contributed by atoms with van der Waals surface area (Å²) >= 11 is 0. The minimum Gasteiger partial charge on any atom is -0.341 e. The number of rotatable bonds is 10. The Hall–Kier alpha value is -4.95. The third-order valence-electron chi connectivity index (χ3n) is 12.9. The van der Waals surface area contributed by atoms with Crippen LogP contribution in [-0.4, -0.2) is 22.4 Å². The van der Waals surface area contributed by atoms with Gasteiger partial charge in [-0.25, -0.2) is 0 Å². The van der Waals surface area contributed by atoms with Crippen molar-refractivity contribution >= 4 is 44.2 Å². The number of hydrogen-bond acceptors (Lipinski definition) is 1. The normalized spacial score (nSPS) is 20.1. The van der Waals surface area contributed by atoms with Crippen molar-refractivity contribution in [2.45, 2.75) is 117 Å². The van der Waals surface area contributed by atoms with Crippen molar-refractivity contribution in [3.8, 4) is 0 Å². The molecule has 2 heterocycles. The lowest BCUT2D eigenvalue weighted by Gasteiger charge is -2.32. The lowest BCUT2D eigenvalue weighted by atomic mass is 9.79. The maximum absolute atomic E-state index is 2.66. The Kier molecular flexibility index (Phi) is 9.83. The molecule has 2 aliphatic heterocycles. The first-order valence-corrected chi connectivity index (χ1v) is 21.0. The zero-order chi connectivity index (χ0) is 38.5. The average Bonchev–Trinajstić information content (AvgIpc) is 3.78. The fraction of sp³-hybridized carbons (Fsp3) is 0.340. The van der Waals surface area contributed by atoms with Gasteiger partial charge < -0.3 is 4.90 Å². The second-order valence-electron chi connectivity index (χ2n) is 17.4. The Balaban J connectivity index is 1.25. The lowest BCUT2D eigenvalue weighted by Crippen LogP contribution is -2.33. The minimum absolute atomic E-state index is 0.129. The van der Waals surface area contributed by atoms with E-state index < -0.39 is 0 Å². The average molecular weight is 724 g/mol. The summed E-state index contributed by atoms with van der Waals surface area (Å²) in [6, 6.07) is 39.2. The van der Waals surface area contributed by atoms with E-state index in [0.29, 0.717) is 12.1 Å². The molecule has 0 spiro atoms. The fourth-order valence-corrected chi connectivity index (χ4v) is 10.4. The molecule has 2 atom stereocenters. The van der Waals surface area contributed by atoms with Crippen LogP contribution in [0, 0.1) is 0 Å². The van der Waals surface area contributed by atoms with Gasteiger partial charge in [0.15, 0.2) is 11.8 Å². The van der Waals surface area contributed by atoms with E-state index >= 15 is 0 Å². The molecule has 0 aromatic heterocycles. The molecule has 0 saturated carbocycles. The molecule has 0 amide bonds. The van der Waals surface area contributed by atoms with E-state index in [1.54, 1.807) is 0 Å². The number of anilines is 1. The van der Waals surface area contributed by atoms with Crippen LogP contribution < -0.4 is 4.90 Å². The zero-order valence-corrected chi connectivity index (χ0v) is 34.4. The molecular weight excluding hydrogens is 665 g/mol. The van der Waals surface area contributed by atoms with E-state index in [-0.39, 0.29) is 10.8 Å². The van der Waals surface area contributed by atoms with Crippen LogP contribution in [0.3, 0.4) is 0 Å². The number of benzene rings is 5. The van der Waals surface area contributed by atoms with E-state index in [1.165, 1.54) is 77.7 Å². The van der Waals surface area contributed by atoms with Gasteiger partial charge in [0.1, 0.15) is 0 Å². The van der Waals surface area contributed by atoms with Crippen LogP contribution in [0.5, 0.6) is 0 Å². The molecule has 2 heteroatoms. The third-order valence-corrected chi connectivity index (χ3v) is 12.9. The van der Waals surface area contributed by atoms with Crippen molar-refractivity contribution < 1.29 is 4.58 Å². The van der Waals surface area contributed by atoms with Gasteiger partial charge >= 0.3 is 0 Å². The summed E-state index contributed by atoms with van der Waals surface area (Å²) in [5, 5.41) is 5.39. The van der Waals surface area contributed by atoms with Crippen LogP contribution in [0.4, 0.5) is 11.4 Å². The maximum atomic E-state index is 2.66. The highest BCUT2D eigenvalue weighted by Gasteiger charge is 2.47. The number of allylic oxidation sites excluding steroid dienone is 8. The highest BCUT2D eigenvalue weighted by molar-refractivity contribution is 6.08. The number of hydrogen-bond donors (Lipinski definition) is 0. The fourth-order valence-electron chi connectivity index (χ4n) is 10.4. The summed E-state index contributed by atoms with van der Waals surface area (Å²) in [5.74, 6) is 0. The van der Waals surface area contributed by atoms with Gasteiger partial charge in [-0.3, -0.25) is 0 Å². The first-order chi connectivity index (χ1) is 26.6. The Morgan fingerprint density at radius 1 is 0.655 bits per heavy atom. The molecule has 5 aromatic carbocycles. The lowest BCUT2D eigenvalue weighted by molar-refractivity contribution is -0.478. The van der Waals surface area contributed by atoms with Crippen molar-refractivity contribution in [1.82, 2.24) is 0 Å². The molecule has 1 aliphatic carbocycles. The molecule has 280 valence electrons. The largest absolute Gasteiger partial charge is 0.341 e. The van der Waals surface area contributed by atoms with Crippen LogP contribution in [0.1, 0.15) is 111 Å². The van der Waals surface area contributed by atoms with E-state index in [0.717, 1.165) is 38.5 Å². The summed E-state index contributed by atoms with van der Waals surface area (Å²) in [6.07, 6.45) is 16.6. The molecule has 0 saturated heterocycles. The van der Waals surface area contributed by atoms with Crippen molar-refractivity contribution in [3.63, 3.8) is 0 Å².